The predicted octanol–water partition coefficient (Wildman–Crippen LogP) is 0.977. The van der Waals surface area contributed by atoms with Gasteiger partial charge in [-0.1, -0.05) is 11.8 Å². The predicted molar refractivity (Wildman–Crippen MR) is 69.3 cm³/mol. The summed E-state index contributed by atoms with van der Waals surface area (Å²) in [5.74, 6) is -0.483. The fourth-order valence-electron chi connectivity index (χ4n) is 1.47. The molecule has 2 aromatic heterocycles. The summed E-state index contributed by atoms with van der Waals surface area (Å²) in [4.78, 5) is 26.1. The van der Waals surface area contributed by atoms with E-state index in [0.717, 1.165) is 5.69 Å². The molecule has 2 N–H and O–H groups in total. The molecule has 8 heteroatoms. The van der Waals surface area contributed by atoms with Gasteiger partial charge >= 0.3 is 11.7 Å². The molecule has 0 spiro atoms. The Morgan fingerprint density at radius 2 is 2.32 bits per heavy atom. The maximum atomic E-state index is 11.4. The summed E-state index contributed by atoms with van der Waals surface area (Å²) in [6.07, 6.45) is 1.32. The topological polar surface area (TPSA) is 101 Å². The van der Waals surface area contributed by atoms with Gasteiger partial charge in [0.05, 0.1) is 11.3 Å². The number of carboxylic acid groups (broad SMARTS) is 1. The Morgan fingerprint density at radius 1 is 1.53 bits per heavy atom. The van der Waals surface area contributed by atoms with Crippen LogP contribution in [0.2, 0.25) is 0 Å². The van der Waals surface area contributed by atoms with Crippen LogP contribution in [0.3, 0.4) is 0 Å². The number of carbonyl (C=O) groups is 1. The molecule has 0 fully saturated rings. The van der Waals surface area contributed by atoms with Crippen molar-refractivity contribution in [1.82, 2.24) is 19.7 Å². The molecule has 2 rings (SSSR count). The van der Waals surface area contributed by atoms with E-state index in [0.29, 0.717) is 17.5 Å². The minimum Gasteiger partial charge on any atom is -0.478 e. The average Bonchev–Trinajstić information content (AvgIpc) is 2.77. The third-order valence-corrected chi connectivity index (χ3v) is 3.47. The van der Waals surface area contributed by atoms with Crippen LogP contribution in [0, 0.1) is 0 Å². The van der Waals surface area contributed by atoms with Crippen molar-refractivity contribution in [3.05, 3.63) is 40.1 Å². The van der Waals surface area contributed by atoms with E-state index in [-0.39, 0.29) is 11.3 Å². The number of aromatic amines is 1. The lowest BCUT2D eigenvalue weighted by molar-refractivity contribution is 0.0696. The maximum Gasteiger partial charge on any atom is 0.343 e. The number of thioether (sulfide) groups is 1. The first kappa shape index (κ1) is 13.3. The van der Waals surface area contributed by atoms with Gasteiger partial charge in [-0.3, -0.25) is 9.55 Å². The summed E-state index contributed by atoms with van der Waals surface area (Å²) in [7, 11) is 0. The lowest BCUT2D eigenvalue weighted by atomic mass is 10.2. The average molecular weight is 280 g/mol. The summed E-state index contributed by atoms with van der Waals surface area (Å²) in [5, 5.41) is 15.7. The second-order valence-corrected chi connectivity index (χ2v) is 4.63. The molecule has 2 aromatic rings. The number of aromatic carboxylic acids is 1. The van der Waals surface area contributed by atoms with Crippen molar-refractivity contribution in [3.63, 3.8) is 0 Å². The van der Waals surface area contributed by atoms with E-state index in [9.17, 15) is 9.59 Å². The van der Waals surface area contributed by atoms with Gasteiger partial charge in [-0.25, -0.2) is 14.7 Å². The number of hydrogen-bond acceptors (Lipinski definition) is 5. The normalized spacial score (nSPS) is 10.6. The number of H-pyrrole nitrogens is 1. The molecule has 0 aromatic carbocycles. The standard InChI is InChI=1S/C11H12N4O3S/c1-2-15-10(18)13-14-11(15)19-6-8-4-3-7(5-12-8)9(16)17/h3-5H,2,6H2,1H3,(H,13,18)(H,16,17). The van der Waals surface area contributed by atoms with E-state index in [1.807, 2.05) is 6.92 Å². The third-order valence-electron chi connectivity index (χ3n) is 2.46. The lowest BCUT2D eigenvalue weighted by Crippen LogP contribution is -2.16. The smallest absolute Gasteiger partial charge is 0.343 e. The highest BCUT2D eigenvalue weighted by Crippen LogP contribution is 2.18. The van der Waals surface area contributed by atoms with Crippen LogP contribution < -0.4 is 5.69 Å². The second-order valence-electron chi connectivity index (χ2n) is 3.69. The van der Waals surface area contributed by atoms with E-state index in [1.165, 1.54) is 28.6 Å². The Morgan fingerprint density at radius 3 is 2.89 bits per heavy atom. The molecule has 0 aliphatic heterocycles. The molecule has 0 saturated carbocycles. The molecule has 19 heavy (non-hydrogen) atoms. The zero-order valence-electron chi connectivity index (χ0n) is 10.2. The zero-order valence-corrected chi connectivity index (χ0v) is 11.0. The summed E-state index contributed by atoms with van der Waals surface area (Å²) in [6.45, 7) is 2.41. The largest absolute Gasteiger partial charge is 0.478 e. The number of nitrogens with zero attached hydrogens (tertiary/aromatic N) is 3. The van der Waals surface area contributed by atoms with Crippen LogP contribution >= 0.6 is 11.8 Å². The zero-order chi connectivity index (χ0) is 13.8. The molecule has 0 aliphatic rings. The van der Waals surface area contributed by atoms with Crippen LogP contribution in [0.5, 0.6) is 0 Å². The first-order valence-electron chi connectivity index (χ1n) is 5.58. The quantitative estimate of drug-likeness (QED) is 0.792. The molecular formula is C11H12N4O3S. The highest BCUT2D eigenvalue weighted by Gasteiger charge is 2.08. The summed E-state index contributed by atoms with van der Waals surface area (Å²) in [5.41, 5.74) is 0.645. The molecule has 0 radical (unpaired) electrons. The second kappa shape index (κ2) is 5.70. The van der Waals surface area contributed by atoms with Gasteiger partial charge in [-0.05, 0) is 19.1 Å². The molecule has 7 nitrogen and oxygen atoms in total. The monoisotopic (exact) mass is 280 g/mol. The van der Waals surface area contributed by atoms with Crippen molar-refractivity contribution in [2.24, 2.45) is 0 Å². The molecule has 0 saturated heterocycles. The van der Waals surface area contributed by atoms with Crippen LogP contribution in [0.25, 0.3) is 0 Å². The number of hydrogen-bond donors (Lipinski definition) is 2. The first-order chi connectivity index (χ1) is 9.11. The van der Waals surface area contributed by atoms with Gasteiger partial charge in [0.15, 0.2) is 5.16 Å². The minimum atomic E-state index is -1.00. The van der Waals surface area contributed by atoms with Crippen LogP contribution in [-0.4, -0.2) is 30.8 Å². The van der Waals surface area contributed by atoms with Gasteiger partial charge < -0.3 is 5.11 Å². The Hall–Kier alpha value is -2.09. The van der Waals surface area contributed by atoms with Gasteiger partial charge in [0, 0.05) is 18.5 Å². The Bertz CT molecular complexity index is 632. The van der Waals surface area contributed by atoms with Gasteiger partial charge in [-0.2, -0.15) is 0 Å². The van der Waals surface area contributed by atoms with Gasteiger partial charge in [-0.15, -0.1) is 5.10 Å². The lowest BCUT2D eigenvalue weighted by Gasteiger charge is -2.02. The van der Waals surface area contributed by atoms with Crippen molar-refractivity contribution >= 4 is 17.7 Å². The summed E-state index contributed by atoms with van der Waals surface area (Å²) < 4.78 is 1.52. The fourth-order valence-corrected chi connectivity index (χ4v) is 2.39. The van der Waals surface area contributed by atoms with Crippen molar-refractivity contribution in [2.75, 3.05) is 0 Å². The van der Waals surface area contributed by atoms with Gasteiger partial charge in [0.2, 0.25) is 0 Å². The van der Waals surface area contributed by atoms with E-state index in [1.54, 1.807) is 6.07 Å². The first-order valence-corrected chi connectivity index (χ1v) is 6.56. The summed E-state index contributed by atoms with van der Waals surface area (Å²) in [6, 6.07) is 3.15. The fraction of sp³-hybridized carbons (Fsp3) is 0.273. The Labute approximate surface area is 112 Å². The van der Waals surface area contributed by atoms with Gasteiger partial charge in [0.1, 0.15) is 0 Å². The molecule has 0 amide bonds. The van der Waals surface area contributed by atoms with E-state index in [4.69, 9.17) is 5.11 Å². The molecule has 0 atom stereocenters. The van der Waals surface area contributed by atoms with Crippen LogP contribution in [0.1, 0.15) is 23.0 Å². The van der Waals surface area contributed by atoms with Gasteiger partial charge in [0.25, 0.3) is 0 Å². The minimum absolute atomic E-state index is 0.152. The Kier molecular flexibility index (Phi) is 4.00. The van der Waals surface area contributed by atoms with E-state index >= 15 is 0 Å². The molecule has 100 valence electrons. The van der Waals surface area contributed by atoms with Crippen molar-refractivity contribution in [1.29, 1.82) is 0 Å². The van der Waals surface area contributed by atoms with Crippen LogP contribution in [0.15, 0.2) is 28.3 Å². The summed E-state index contributed by atoms with van der Waals surface area (Å²) >= 11 is 1.37. The van der Waals surface area contributed by atoms with E-state index in [2.05, 4.69) is 15.2 Å². The SMILES string of the molecule is CCn1c(SCc2ccc(C(=O)O)cn2)n[nH]c1=O. The van der Waals surface area contributed by atoms with Crippen LogP contribution in [-0.2, 0) is 12.3 Å². The highest BCUT2D eigenvalue weighted by molar-refractivity contribution is 7.98. The number of aromatic nitrogens is 4. The molecular weight excluding hydrogens is 268 g/mol. The number of pyridine rings is 1. The molecule has 2 heterocycles. The van der Waals surface area contributed by atoms with Crippen molar-refractivity contribution in [3.8, 4) is 0 Å². The molecule has 0 bridgehead atoms. The number of rotatable bonds is 5. The van der Waals surface area contributed by atoms with Crippen LogP contribution in [0.4, 0.5) is 0 Å². The molecule has 0 unspecified atom stereocenters. The number of nitrogens with one attached hydrogen (secondary N) is 1. The highest BCUT2D eigenvalue weighted by atomic mass is 32.2. The molecule has 0 aliphatic carbocycles. The maximum absolute atomic E-state index is 11.4. The van der Waals surface area contributed by atoms with Crippen molar-refractivity contribution < 1.29 is 9.90 Å². The Balaban J connectivity index is 2.06. The van der Waals surface area contributed by atoms with E-state index < -0.39 is 5.97 Å². The van der Waals surface area contributed by atoms with Crippen molar-refractivity contribution in [2.45, 2.75) is 24.4 Å². The number of carboxylic acids is 1. The third kappa shape index (κ3) is 3.02.